The van der Waals surface area contributed by atoms with Crippen molar-refractivity contribution in [1.29, 1.82) is 0 Å². The number of allylic oxidation sites excluding steroid dienone is 3. The molecule has 0 fully saturated rings. The molecule has 4 rings (SSSR count). The van der Waals surface area contributed by atoms with E-state index < -0.39 is 0 Å². The van der Waals surface area contributed by atoms with Crippen LogP contribution in [0.5, 0.6) is 0 Å². The summed E-state index contributed by atoms with van der Waals surface area (Å²) in [7, 11) is 0. The molecule has 2 aliphatic heterocycles. The molecule has 0 spiro atoms. The van der Waals surface area contributed by atoms with E-state index in [4.69, 9.17) is 0 Å². The van der Waals surface area contributed by atoms with Gasteiger partial charge in [-0.25, -0.2) is 0 Å². The average molecular weight is 401 g/mol. The summed E-state index contributed by atoms with van der Waals surface area (Å²) in [4.78, 5) is 5.03. The van der Waals surface area contributed by atoms with E-state index in [2.05, 4.69) is 125 Å². The van der Waals surface area contributed by atoms with Crippen molar-refractivity contribution in [3.63, 3.8) is 0 Å². The van der Waals surface area contributed by atoms with E-state index in [1.54, 1.807) is 0 Å². The minimum absolute atomic E-state index is 0.0104. The first-order chi connectivity index (χ1) is 14.2. The van der Waals surface area contributed by atoms with Gasteiger partial charge in [0.05, 0.1) is 5.54 Å². The Labute approximate surface area is 182 Å². The van der Waals surface area contributed by atoms with E-state index in [9.17, 15) is 0 Å². The summed E-state index contributed by atoms with van der Waals surface area (Å²) < 4.78 is 0. The highest BCUT2D eigenvalue weighted by Crippen LogP contribution is 2.52. The number of para-hydroxylation sites is 2. The lowest BCUT2D eigenvalue weighted by Gasteiger charge is -2.43. The summed E-state index contributed by atoms with van der Waals surface area (Å²) in [5.74, 6) is 0. The van der Waals surface area contributed by atoms with Crippen molar-refractivity contribution in [2.45, 2.75) is 64.8 Å². The minimum Gasteiger partial charge on any atom is -0.362 e. The summed E-state index contributed by atoms with van der Waals surface area (Å²) >= 11 is 0. The molecule has 0 aliphatic carbocycles. The lowest BCUT2D eigenvalue weighted by molar-refractivity contribution is 0.353. The fraction of sp³-hybridized carbons (Fsp3) is 0.429. The number of nitrogens with zero attached hydrogens (tertiary/aromatic N) is 2. The first-order valence-corrected chi connectivity index (χ1v) is 11.3. The van der Waals surface area contributed by atoms with E-state index in [0.29, 0.717) is 0 Å². The van der Waals surface area contributed by atoms with Gasteiger partial charge in [0.25, 0.3) is 0 Å². The van der Waals surface area contributed by atoms with E-state index >= 15 is 0 Å². The Hall–Kier alpha value is -2.48. The van der Waals surface area contributed by atoms with Crippen molar-refractivity contribution in [3.8, 4) is 0 Å². The van der Waals surface area contributed by atoms with Gasteiger partial charge in [-0.1, -0.05) is 76.2 Å². The predicted molar refractivity (Wildman–Crippen MR) is 131 cm³/mol. The van der Waals surface area contributed by atoms with Crippen molar-refractivity contribution in [2.75, 3.05) is 22.9 Å². The maximum Gasteiger partial charge on any atom is 0.0651 e. The molecule has 2 aliphatic rings. The zero-order valence-electron chi connectivity index (χ0n) is 19.7. The Bertz CT molecular complexity index is 1010. The molecule has 2 heteroatoms. The molecule has 2 aromatic rings. The lowest BCUT2D eigenvalue weighted by Crippen LogP contribution is -2.51. The monoisotopic (exact) mass is 400 g/mol. The van der Waals surface area contributed by atoms with E-state index in [-0.39, 0.29) is 16.4 Å². The van der Waals surface area contributed by atoms with Gasteiger partial charge < -0.3 is 9.80 Å². The molecule has 0 N–H and O–H groups in total. The molecular formula is C28H36N2. The van der Waals surface area contributed by atoms with Crippen LogP contribution in [-0.2, 0) is 10.8 Å². The van der Waals surface area contributed by atoms with Crippen LogP contribution in [0.4, 0.5) is 11.4 Å². The van der Waals surface area contributed by atoms with Gasteiger partial charge in [-0.2, -0.15) is 0 Å². The van der Waals surface area contributed by atoms with Crippen molar-refractivity contribution >= 4 is 11.4 Å². The first-order valence-electron chi connectivity index (χ1n) is 11.3. The molecule has 2 nitrogen and oxygen atoms in total. The topological polar surface area (TPSA) is 6.48 Å². The van der Waals surface area contributed by atoms with E-state index in [0.717, 1.165) is 13.1 Å². The summed E-state index contributed by atoms with van der Waals surface area (Å²) in [6.45, 7) is 18.3. The Morgan fingerprint density at radius 2 is 1.37 bits per heavy atom. The normalized spacial score (nSPS) is 25.2. The molecule has 158 valence electrons. The van der Waals surface area contributed by atoms with Gasteiger partial charge in [0.2, 0.25) is 0 Å². The zero-order valence-corrected chi connectivity index (χ0v) is 19.7. The van der Waals surface area contributed by atoms with Gasteiger partial charge in [0.1, 0.15) is 0 Å². The number of fused-ring (bicyclic) bond motifs is 2. The molecule has 1 unspecified atom stereocenters. The van der Waals surface area contributed by atoms with Crippen molar-refractivity contribution < 1.29 is 0 Å². The Balaban J connectivity index is 1.75. The van der Waals surface area contributed by atoms with Crippen LogP contribution in [0.2, 0.25) is 0 Å². The summed E-state index contributed by atoms with van der Waals surface area (Å²) in [5, 5.41) is 0. The third-order valence-electron chi connectivity index (χ3n) is 7.80. The van der Waals surface area contributed by atoms with Gasteiger partial charge in [-0.15, -0.1) is 0 Å². The van der Waals surface area contributed by atoms with Gasteiger partial charge in [0, 0.05) is 41.0 Å². The standard InChI is InChI=1S/C28H36N2/c1-8-29-23-17-12-10-15-21(23)26(3,4)25(29)19-14-20-28(7)27(5,6)22-16-11-13-18-24(22)30(28)9-2/h10-20H,8-9H2,1-7H3/b20-14+,25-19+. The fourth-order valence-electron chi connectivity index (χ4n) is 5.70. The highest BCUT2D eigenvalue weighted by Gasteiger charge is 2.51. The molecule has 0 bridgehead atoms. The van der Waals surface area contributed by atoms with Crippen LogP contribution >= 0.6 is 0 Å². The van der Waals surface area contributed by atoms with Crippen LogP contribution in [-0.4, -0.2) is 18.6 Å². The second kappa shape index (κ2) is 7.04. The van der Waals surface area contributed by atoms with Crippen LogP contribution < -0.4 is 9.80 Å². The maximum atomic E-state index is 2.56. The fourth-order valence-corrected chi connectivity index (χ4v) is 5.70. The smallest absolute Gasteiger partial charge is 0.0651 e. The Morgan fingerprint density at radius 3 is 2.00 bits per heavy atom. The summed E-state index contributed by atoms with van der Waals surface area (Å²) in [6, 6.07) is 17.7. The van der Waals surface area contributed by atoms with Crippen LogP contribution in [0.1, 0.15) is 59.6 Å². The van der Waals surface area contributed by atoms with Crippen molar-refractivity contribution in [1.82, 2.24) is 0 Å². The summed E-state index contributed by atoms with van der Waals surface area (Å²) in [5.41, 5.74) is 6.92. The van der Waals surface area contributed by atoms with Crippen LogP contribution in [0.15, 0.2) is 72.5 Å². The SMILES string of the molecule is CCN1/C(=C/C=C/C2(C)N(CC)c3ccccc3C2(C)C)C(C)(C)c2ccccc21. The molecule has 30 heavy (non-hydrogen) atoms. The molecule has 0 saturated carbocycles. The number of benzene rings is 2. The second-order valence-corrected chi connectivity index (χ2v) is 9.83. The second-order valence-electron chi connectivity index (χ2n) is 9.83. The number of likely N-dealkylation sites (N-methyl/N-ethyl adjacent to an activating group) is 2. The Morgan fingerprint density at radius 1 is 0.767 bits per heavy atom. The van der Waals surface area contributed by atoms with Crippen molar-refractivity contribution in [2.24, 2.45) is 0 Å². The number of anilines is 2. The molecule has 1 atom stereocenters. The first kappa shape index (κ1) is 20.8. The van der Waals surface area contributed by atoms with E-state index in [1.807, 2.05) is 0 Å². The highest BCUT2D eigenvalue weighted by atomic mass is 15.2. The largest absolute Gasteiger partial charge is 0.362 e. The molecular weight excluding hydrogens is 364 g/mol. The van der Waals surface area contributed by atoms with Crippen LogP contribution in [0.3, 0.4) is 0 Å². The molecule has 0 radical (unpaired) electrons. The van der Waals surface area contributed by atoms with Gasteiger partial charge >= 0.3 is 0 Å². The number of hydrogen-bond donors (Lipinski definition) is 0. The van der Waals surface area contributed by atoms with Gasteiger partial charge in [0.15, 0.2) is 0 Å². The lowest BCUT2D eigenvalue weighted by atomic mass is 9.71. The Kier molecular flexibility index (Phi) is 4.88. The predicted octanol–water partition coefficient (Wildman–Crippen LogP) is 6.82. The molecule has 0 aromatic heterocycles. The maximum absolute atomic E-state index is 2.56. The van der Waals surface area contributed by atoms with Crippen LogP contribution in [0.25, 0.3) is 0 Å². The van der Waals surface area contributed by atoms with Crippen LogP contribution in [0, 0.1) is 0 Å². The molecule has 0 amide bonds. The highest BCUT2D eigenvalue weighted by molar-refractivity contribution is 5.71. The quantitative estimate of drug-likeness (QED) is 0.555. The van der Waals surface area contributed by atoms with Gasteiger partial charge in [-0.05, 0) is 50.1 Å². The van der Waals surface area contributed by atoms with Crippen molar-refractivity contribution in [3.05, 3.63) is 83.6 Å². The number of rotatable bonds is 4. The third-order valence-corrected chi connectivity index (χ3v) is 7.80. The molecule has 2 aromatic carbocycles. The molecule has 0 saturated heterocycles. The molecule has 2 heterocycles. The van der Waals surface area contributed by atoms with Gasteiger partial charge in [-0.3, -0.25) is 0 Å². The summed E-state index contributed by atoms with van der Waals surface area (Å²) in [6.07, 6.45) is 7.08. The minimum atomic E-state index is -0.0743. The van der Waals surface area contributed by atoms with E-state index in [1.165, 1.54) is 28.2 Å². The third kappa shape index (κ3) is 2.69. The zero-order chi connectivity index (χ0) is 21.7. The average Bonchev–Trinajstić information content (AvgIpc) is 3.05. The number of hydrogen-bond acceptors (Lipinski definition) is 2.